The maximum Gasteiger partial charge on any atom is 0.317 e. The molecule has 36 heavy (non-hydrogen) atoms. The fraction of sp³-hybridized carbons (Fsp3) is 0.750. The van der Waals surface area contributed by atoms with Gasteiger partial charge in [-0.3, -0.25) is 0 Å². The predicted molar refractivity (Wildman–Crippen MR) is 143 cm³/mol. The van der Waals surface area contributed by atoms with Gasteiger partial charge in [0.15, 0.2) is 0 Å². The van der Waals surface area contributed by atoms with Gasteiger partial charge in [0.2, 0.25) is 0 Å². The second-order valence-corrected chi connectivity index (χ2v) is 11.1. The van der Waals surface area contributed by atoms with Crippen molar-refractivity contribution in [1.82, 2.24) is 15.5 Å². The monoisotopic (exact) mass is 525 g/mol. The fourth-order valence-electron chi connectivity index (χ4n) is 6.12. The molecule has 2 amide bonds. The van der Waals surface area contributed by atoms with E-state index >= 15 is 0 Å². The van der Waals surface area contributed by atoms with E-state index in [9.17, 15) is 14.3 Å². The van der Waals surface area contributed by atoms with E-state index in [1.165, 1.54) is 38.2 Å². The Morgan fingerprint density at radius 2 is 2.03 bits per heavy atom. The van der Waals surface area contributed by atoms with Crippen LogP contribution >= 0.6 is 11.6 Å². The zero-order valence-corrected chi connectivity index (χ0v) is 22.8. The molecule has 204 valence electrons. The number of ether oxygens (including phenoxy) is 1. The van der Waals surface area contributed by atoms with Crippen LogP contribution in [0.25, 0.3) is 0 Å². The van der Waals surface area contributed by atoms with Gasteiger partial charge in [-0.15, -0.1) is 0 Å². The molecule has 1 heterocycles. The van der Waals surface area contributed by atoms with E-state index in [1.807, 2.05) is 11.9 Å². The summed E-state index contributed by atoms with van der Waals surface area (Å²) in [6, 6.07) is 4.62. The molecule has 1 aromatic rings. The minimum atomic E-state index is -1.32. The topological polar surface area (TPSA) is 73.8 Å². The predicted octanol–water partition coefficient (Wildman–Crippen LogP) is 5.46. The molecule has 2 aliphatic rings. The first-order valence-corrected chi connectivity index (χ1v) is 14.1. The summed E-state index contributed by atoms with van der Waals surface area (Å²) in [5, 5.41) is 18.5. The summed E-state index contributed by atoms with van der Waals surface area (Å²) in [7, 11) is 3.58. The van der Waals surface area contributed by atoms with E-state index in [2.05, 4.69) is 10.6 Å². The molecule has 1 aromatic carbocycles. The van der Waals surface area contributed by atoms with Crippen LogP contribution in [0.4, 0.5) is 9.18 Å². The SMILES string of the molecule is CNCC(CC1CCCCC1)NC(=O)N1CCCC(C(O)(CCCCOC)c2cccc(F)c2Cl)C1. The molecule has 1 aliphatic carbocycles. The van der Waals surface area contributed by atoms with Gasteiger partial charge in [0.05, 0.1) is 10.6 Å². The number of carbonyl (C=O) groups is 1. The molecule has 1 aliphatic heterocycles. The van der Waals surface area contributed by atoms with E-state index in [0.717, 1.165) is 32.2 Å². The number of halogens is 2. The number of nitrogens with zero attached hydrogens (tertiary/aromatic N) is 1. The first kappa shape index (κ1) is 29.2. The Hall–Kier alpha value is -1.41. The van der Waals surface area contributed by atoms with Crippen LogP contribution in [0.2, 0.25) is 5.02 Å². The van der Waals surface area contributed by atoms with Gasteiger partial charge in [0.25, 0.3) is 0 Å². The second-order valence-electron chi connectivity index (χ2n) is 10.7. The van der Waals surface area contributed by atoms with E-state index in [1.54, 1.807) is 19.2 Å². The molecule has 3 N–H and O–H groups in total. The Bertz CT molecular complexity index is 823. The zero-order valence-electron chi connectivity index (χ0n) is 22.0. The Kier molecular flexibility index (Phi) is 11.7. The quantitative estimate of drug-likeness (QED) is 0.317. The number of hydrogen-bond donors (Lipinski definition) is 3. The fourth-order valence-corrected chi connectivity index (χ4v) is 6.41. The first-order chi connectivity index (χ1) is 17.4. The molecule has 0 spiro atoms. The maximum atomic E-state index is 14.4. The van der Waals surface area contributed by atoms with Crippen LogP contribution in [0, 0.1) is 17.7 Å². The summed E-state index contributed by atoms with van der Waals surface area (Å²) in [6.45, 7) is 2.39. The highest BCUT2D eigenvalue weighted by molar-refractivity contribution is 6.31. The van der Waals surface area contributed by atoms with Crippen LogP contribution < -0.4 is 10.6 Å². The smallest absolute Gasteiger partial charge is 0.317 e. The number of hydrogen-bond acceptors (Lipinski definition) is 4. The number of aliphatic hydroxyl groups is 1. The van der Waals surface area contributed by atoms with Crippen molar-refractivity contribution in [2.75, 3.05) is 40.4 Å². The lowest BCUT2D eigenvalue weighted by atomic mass is 9.74. The Morgan fingerprint density at radius 1 is 1.25 bits per heavy atom. The second kappa shape index (κ2) is 14.5. The summed E-state index contributed by atoms with van der Waals surface area (Å²) in [5.74, 6) is -0.105. The Labute approximate surface area is 221 Å². The summed E-state index contributed by atoms with van der Waals surface area (Å²) < 4.78 is 19.6. The number of unbranched alkanes of at least 4 members (excludes halogenated alkanes) is 1. The molecule has 0 aromatic heterocycles. The molecule has 3 unspecified atom stereocenters. The van der Waals surface area contributed by atoms with Crippen molar-refractivity contribution >= 4 is 17.6 Å². The Morgan fingerprint density at radius 3 is 2.75 bits per heavy atom. The van der Waals surface area contributed by atoms with Crippen molar-refractivity contribution < 1.29 is 19.0 Å². The lowest BCUT2D eigenvalue weighted by molar-refractivity contribution is -0.0565. The third kappa shape index (κ3) is 7.80. The average molecular weight is 526 g/mol. The van der Waals surface area contributed by atoms with E-state index in [0.29, 0.717) is 44.0 Å². The molecule has 3 atom stereocenters. The number of benzene rings is 1. The van der Waals surface area contributed by atoms with Crippen LogP contribution in [0.1, 0.15) is 76.2 Å². The van der Waals surface area contributed by atoms with Gasteiger partial charge in [-0.25, -0.2) is 9.18 Å². The lowest BCUT2D eigenvalue weighted by Crippen LogP contribution is -2.54. The van der Waals surface area contributed by atoms with Gasteiger partial charge in [0.1, 0.15) is 5.82 Å². The van der Waals surface area contributed by atoms with Gasteiger partial charge >= 0.3 is 6.03 Å². The molecule has 0 bridgehead atoms. The third-order valence-electron chi connectivity index (χ3n) is 8.08. The standard InChI is InChI=1S/C28H45ClFN3O3/c1-31-19-23(18-21-10-4-3-5-11-21)32-27(34)33-16-9-12-22(20-33)28(35,15-6-7-17-36-2)24-13-8-14-25(30)26(24)29/h8,13-14,21-23,31,35H,3-7,9-12,15-20H2,1-2H3,(H,32,34). The summed E-state index contributed by atoms with van der Waals surface area (Å²) in [5.41, 5.74) is -0.905. The van der Waals surface area contributed by atoms with Gasteiger partial charge < -0.3 is 25.4 Å². The number of methoxy groups -OCH3 is 1. The summed E-state index contributed by atoms with van der Waals surface area (Å²) >= 11 is 6.37. The molecule has 1 saturated heterocycles. The zero-order chi connectivity index (χ0) is 26.0. The normalized spacial score (nSPS) is 21.7. The molecular formula is C28H45ClFN3O3. The highest BCUT2D eigenvalue weighted by Crippen LogP contribution is 2.43. The van der Waals surface area contributed by atoms with Crippen molar-refractivity contribution in [3.63, 3.8) is 0 Å². The van der Waals surface area contributed by atoms with Gasteiger partial charge in [-0.2, -0.15) is 0 Å². The van der Waals surface area contributed by atoms with Gasteiger partial charge in [0, 0.05) is 50.9 Å². The van der Waals surface area contributed by atoms with Crippen LogP contribution in [0.3, 0.4) is 0 Å². The van der Waals surface area contributed by atoms with Crippen molar-refractivity contribution in [3.05, 3.63) is 34.6 Å². The molecule has 3 rings (SSSR count). The van der Waals surface area contributed by atoms with Gasteiger partial charge in [-0.05, 0) is 57.6 Å². The number of piperidine rings is 1. The largest absolute Gasteiger partial charge is 0.385 e. The minimum absolute atomic E-state index is 0.0325. The van der Waals surface area contributed by atoms with Crippen LogP contribution in [0.15, 0.2) is 18.2 Å². The number of urea groups is 1. The number of likely N-dealkylation sites (N-methyl/N-ethyl adjacent to an activating group) is 1. The number of carbonyl (C=O) groups excluding carboxylic acids is 1. The van der Waals surface area contributed by atoms with Crippen molar-refractivity contribution in [2.45, 2.75) is 82.3 Å². The van der Waals surface area contributed by atoms with Gasteiger partial charge in [-0.1, -0.05) is 55.8 Å². The molecule has 8 heteroatoms. The third-order valence-corrected chi connectivity index (χ3v) is 8.46. The highest BCUT2D eigenvalue weighted by Gasteiger charge is 2.43. The van der Waals surface area contributed by atoms with Crippen molar-refractivity contribution in [3.8, 4) is 0 Å². The first-order valence-electron chi connectivity index (χ1n) is 13.7. The van der Waals surface area contributed by atoms with Crippen molar-refractivity contribution in [2.24, 2.45) is 11.8 Å². The molecule has 1 saturated carbocycles. The molecule has 2 fully saturated rings. The summed E-state index contributed by atoms with van der Waals surface area (Å²) in [6.07, 6.45) is 10.8. The van der Waals surface area contributed by atoms with Crippen LogP contribution in [-0.2, 0) is 10.3 Å². The van der Waals surface area contributed by atoms with E-state index in [4.69, 9.17) is 16.3 Å². The van der Waals surface area contributed by atoms with Crippen LogP contribution in [-0.4, -0.2) is 62.5 Å². The molecule has 0 radical (unpaired) electrons. The number of likely N-dealkylation sites (tertiary alicyclic amines) is 1. The highest BCUT2D eigenvalue weighted by atomic mass is 35.5. The minimum Gasteiger partial charge on any atom is -0.385 e. The van der Waals surface area contributed by atoms with Crippen molar-refractivity contribution in [1.29, 1.82) is 0 Å². The number of rotatable bonds is 12. The molecular weight excluding hydrogens is 481 g/mol. The number of nitrogens with one attached hydrogen (secondary N) is 2. The molecule has 6 nitrogen and oxygen atoms in total. The lowest BCUT2D eigenvalue weighted by Gasteiger charge is -2.43. The summed E-state index contributed by atoms with van der Waals surface area (Å²) in [4.78, 5) is 15.2. The van der Waals surface area contributed by atoms with E-state index < -0.39 is 11.4 Å². The maximum absolute atomic E-state index is 14.4. The van der Waals surface area contributed by atoms with Crippen LogP contribution in [0.5, 0.6) is 0 Å². The average Bonchev–Trinajstić information content (AvgIpc) is 2.89. The van der Waals surface area contributed by atoms with E-state index in [-0.39, 0.29) is 23.0 Å². The Balaban J connectivity index is 1.72. The number of amides is 2.